The molecule has 6 nitrogen and oxygen atoms in total. The average molecular weight is 410 g/mol. The van der Waals surface area contributed by atoms with E-state index in [4.69, 9.17) is 10.1 Å². The number of benzene rings is 1. The molecule has 0 bridgehead atoms. The van der Waals surface area contributed by atoms with Gasteiger partial charge in [0.15, 0.2) is 0 Å². The summed E-state index contributed by atoms with van der Waals surface area (Å²) in [5, 5.41) is 21.9. The summed E-state index contributed by atoms with van der Waals surface area (Å²) >= 11 is 1.41. The summed E-state index contributed by atoms with van der Waals surface area (Å²) in [6, 6.07) is 10.4. The number of aromatic nitrogens is 1. The summed E-state index contributed by atoms with van der Waals surface area (Å²) in [7, 11) is 0. The van der Waals surface area contributed by atoms with Crippen LogP contribution in [0.15, 0.2) is 35.4 Å². The Kier molecular flexibility index (Phi) is 7.25. The van der Waals surface area contributed by atoms with Crippen molar-refractivity contribution in [2.75, 3.05) is 11.1 Å². The maximum absolute atomic E-state index is 12.2. The molecule has 1 aliphatic rings. The van der Waals surface area contributed by atoms with Crippen LogP contribution in [0, 0.1) is 11.3 Å². The summed E-state index contributed by atoms with van der Waals surface area (Å²) < 4.78 is 0. The Morgan fingerprint density at radius 3 is 2.72 bits per heavy atom. The average Bonchev–Trinajstić information content (AvgIpc) is 2.69. The molecule has 1 amide bonds. The number of nitrogens with one attached hydrogen (secondary N) is 1. The highest BCUT2D eigenvalue weighted by atomic mass is 32.2. The lowest BCUT2D eigenvalue weighted by Crippen LogP contribution is -2.13. The molecule has 0 saturated carbocycles. The molecule has 29 heavy (non-hydrogen) atoms. The van der Waals surface area contributed by atoms with Gasteiger partial charge < -0.3 is 10.4 Å². The summed E-state index contributed by atoms with van der Waals surface area (Å²) in [6.07, 6.45) is 6.85. The highest BCUT2D eigenvalue weighted by Crippen LogP contribution is 2.27. The number of carboxylic acid groups (broad SMARTS) is 1. The van der Waals surface area contributed by atoms with E-state index < -0.39 is 5.97 Å². The molecule has 0 aliphatic heterocycles. The van der Waals surface area contributed by atoms with Crippen LogP contribution in [0.5, 0.6) is 0 Å². The minimum atomic E-state index is -1.04. The van der Waals surface area contributed by atoms with Gasteiger partial charge in [-0.15, -0.1) is 11.8 Å². The first kappa shape index (κ1) is 20.9. The van der Waals surface area contributed by atoms with E-state index in [1.54, 1.807) is 12.1 Å². The number of fused-ring (bicyclic) bond motifs is 1. The van der Waals surface area contributed by atoms with Crippen molar-refractivity contribution in [2.24, 2.45) is 0 Å². The van der Waals surface area contributed by atoms with Gasteiger partial charge >= 0.3 is 5.97 Å². The van der Waals surface area contributed by atoms with Crippen molar-refractivity contribution in [2.45, 2.75) is 50.0 Å². The monoisotopic (exact) mass is 409 g/mol. The molecule has 0 unspecified atom stereocenters. The number of nitriles is 1. The molecule has 0 atom stereocenters. The van der Waals surface area contributed by atoms with Crippen molar-refractivity contribution in [3.05, 3.63) is 52.7 Å². The summed E-state index contributed by atoms with van der Waals surface area (Å²) in [6.45, 7) is 0. The Hall–Kier alpha value is -2.85. The number of nitrogens with zero attached hydrogens (tertiary/aromatic N) is 2. The fourth-order valence-corrected chi connectivity index (χ4v) is 4.27. The van der Waals surface area contributed by atoms with E-state index in [-0.39, 0.29) is 17.9 Å². The zero-order valence-corrected chi connectivity index (χ0v) is 16.9. The number of pyridine rings is 1. The number of anilines is 1. The molecule has 1 heterocycles. The largest absolute Gasteiger partial charge is 0.478 e. The van der Waals surface area contributed by atoms with Gasteiger partial charge in [-0.2, -0.15) is 5.26 Å². The molecule has 1 aliphatic carbocycles. The van der Waals surface area contributed by atoms with Crippen molar-refractivity contribution in [1.29, 1.82) is 5.26 Å². The van der Waals surface area contributed by atoms with Crippen LogP contribution < -0.4 is 5.32 Å². The van der Waals surface area contributed by atoms with Crippen molar-refractivity contribution < 1.29 is 14.7 Å². The predicted octanol–water partition coefficient (Wildman–Crippen LogP) is 4.43. The highest BCUT2D eigenvalue weighted by molar-refractivity contribution is 7.99. The van der Waals surface area contributed by atoms with Crippen molar-refractivity contribution in [3.63, 3.8) is 0 Å². The Morgan fingerprint density at radius 1 is 1.17 bits per heavy atom. The third-order valence-electron chi connectivity index (χ3n) is 4.85. The smallest absolute Gasteiger partial charge is 0.335 e. The molecule has 0 fully saturated rings. The quantitative estimate of drug-likeness (QED) is 0.684. The summed E-state index contributed by atoms with van der Waals surface area (Å²) in [4.78, 5) is 28.0. The van der Waals surface area contributed by atoms with Gasteiger partial charge in [0.25, 0.3) is 0 Å². The number of carbonyl (C=O) groups is 2. The molecule has 2 aromatic rings. The number of aryl methyl sites for hydroxylation is 2. The van der Waals surface area contributed by atoms with Gasteiger partial charge in [0.05, 0.1) is 11.1 Å². The molecule has 2 N–H and O–H groups in total. The summed E-state index contributed by atoms with van der Waals surface area (Å²) in [5.41, 5.74) is 3.42. The SMILES string of the molecule is N#Cc1cc2c(nc1SCCC(=O)Nc1cccc(C(=O)O)c1)CCCCCC2. The second-order valence-electron chi connectivity index (χ2n) is 7.01. The highest BCUT2D eigenvalue weighted by Gasteiger charge is 2.15. The molecule has 1 aromatic heterocycles. The van der Waals surface area contributed by atoms with E-state index in [1.165, 1.54) is 42.3 Å². The Labute approximate surface area is 174 Å². The Balaban J connectivity index is 1.60. The lowest BCUT2D eigenvalue weighted by atomic mass is 9.96. The van der Waals surface area contributed by atoms with E-state index in [9.17, 15) is 14.9 Å². The first-order chi connectivity index (χ1) is 14.1. The number of thioether (sulfide) groups is 1. The topological polar surface area (TPSA) is 103 Å². The predicted molar refractivity (Wildman–Crippen MR) is 112 cm³/mol. The van der Waals surface area contributed by atoms with Gasteiger partial charge in [-0.1, -0.05) is 18.9 Å². The number of rotatable bonds is 6. The van der Waals surface area contributed by atoms with Crippen LogP contribution in [0.2, 0.25) is 0 Å². The third kappa shape index (κ3) is 5.81. The second-order valence-corrected chi connectivity index (χ2v) is 8.09. The molecule has 0 radical (unpaired) electrons. The van der Waals surface area contributed by atoms with Crippen molar-refractivity contribution >= 4 is 29.3 Å². The van der Waals surface area contributed by atoms with Gasteiger partial charge in [0.1, 0.15) is 11.1 Å². The van der Waals surface area contributed by atoms with Gasteiger partial charge in [0, 0.05) is 23.6 Å². The molecule has 0 saturated heterocycles. The van der Waals surface area contributed by atoms with Crippen molar-refractivity contribution in [3.8, 4) is 6.07 Å². The first-order valence-electron chi connectivity index (χ1n) is 9.75. The number of amides is 1. The summed E-state index contributed by atoms with van der Waals surface area (Å²) in [5.74, 6) is -0.749. The molecule has 3 rings (SSSR count). The molecule has 0 spiro atoms. The third-order valence-corrected chi connectivity index (χ3v) is 5.84. The lowest BCUT2D eigenvalue weighted by Gasteiger charge is -2.15. The van der Waals surface area contributed by atoms with Crippen LogP contribution in [0.4, 0.5) is 5.69 Å². The van der Waals surface area contributed by atoms with Crippen LogP contribution in [-0.2, 0) is 17.6 Å². The van der Waals surface area contributed by atoms with E-state index in [2.05, 4.69) is 11.4 Å². The second kappa shape index (κ2) is 10.1. The Morgan fingerprint density at radius 2 is 1.97 bits per heavy atom. The number of hydrogen-bond donors (Lipinski definition) is 2. The van der Waals surface area contributed by atoms with Crippen LogP contribution in [0.25, 0.3) is 0 Å². The lowest BCUT2D eigenvalue weighted by molar-refractivity contribution is -0.115. The standard InChI is InChI=1S/C22H23N3O3S/c23-14-17-12-15-6-3-1-2-4-9-19(15)25-21(17)29-11-10-20(26)24-18-8-5-7-16(13-18)22(27)28/h5,7-8,12-13H,1-4,6,9-11H2,(H,24,26)(H,27,28). The molecular formula is C22H23N3O3S. The Bertz CT molecular complexity index is 953. The molecule has 150 valence electrons. The van der Waals surface area contributed by atoms with Crippen LogP contribution in [-0.4, -0.2) is 27.7 Å². The minimum Gasteiger partial charge on any atom is -0.478 e. The maximum Gasteiger partial charge on any atom is 0.335 e. The van der Waals surface area contributed by atoms with E-state index in [1.807, 2.05) is 6.07 Å². The fraction of sp³-hybridized carbons (Fsp3) is 0.364. The molecule has 7 heteroatoms. The van der Waals surface area contributed by atoms with Gasteiger partial charge in [-0.3, -0.25) is 4.79 Å². The number of carbonyl (C=O) groups excluding carboxylic acids is 1. The minimum absolute atomic E-state index is 0.126. The van der Waals surface area contributed by atoms with Gasteiger partial charge in [0.2, 0.25) is 5.91 Å². The fourth-order valence-electron chi connectivity index (χ4n) is 3.35. The maximum atomic E-state index is 12.2. The zero-order valence-electron chi connectivity index (χ0n) is 16.1. The number of carboxylic acids is 1. The van der Waals surface area contributed by atoms with Crippen molar-refractivity contribution in [1.82, 2.24) is 4.98 Å². The van der Waals surface area contributed by atoms with Gasteiger partial charge in [-0.25, -0.2) is 9.78 Å². The molecular weight excluding hydrogens is 386 g/mol. The zero-order chi connectivity index (χ0) is 20.6. The van der Waals surface area contributed by atoms with Crippen LogP contribution in [0.1, 0.15) is 59.3 Å². The van der Waals surface area contributed by atoms with Gasteiger partial charge in [-0.05, 0) is 55.5 Å². The van der Waals surface area contributed by atoms with Crippen LogP contribution in [0.3, 0.4) is 0 Å². The number of hydrogen-bond acceptors (Lipinski definition) is 5. The van der Waals surface area contributed by atoms with E-state index in [0.29, 0.717) is 22.0 Å². The number of aromatic carboxylic acids is 1. The van der Waals surface area contributed by atoms with E-state index >= 15 is 0 Å². The first-order valence-corrected chi connectivity index (χ1v) is 10.7. The normalized spacial score (nSPS) is 13.5. The van der Waals surface area contributed by atoms with E-state index in [0.717, 1.165) is 31.4 Å². The molecule has 1 aromatic carbocycles. The van der Waals surface area contributed by atoms with Crippen LogP contribution >= 0.6 is 11.8 Å².